The highest BCUT2D eigenvalue weighted by atomic mass is 32.2. The second-order valence-corrected chi connectivity index (χ2v) is 7.11. The van der Waals surface area contributed by atoms with Gasteiger partial charge in [-0.3, -0.25) is 0 Å². The molecular formula is C14H21NO3S. The van der Waals surface area contributed by atoms with Crippen molar-refractivity contribution in [3.63, 3.8) is 0 Å². The summed E-state index contributed by atoms with van der Waals surface area (Å²) in [6.07, 6.45) is 1.52. The summed E-state index contributed by atoms with van der Waals surface area (Å²) in [5.41, 5.74) is -1.33. The van der Waals surface area contributed by atoms with Crippen LogP contribution in [0.25, 0.3) is 6.08 Å². The van der Waals surface area contributed by atoms with Crippen LogP contribution in [-0.4, -0.2) is 24.7 Å². The van der Waals surface area contributed by atoms with Crippen LogP contribution in [0, 0.1) is 0 Å². The fraction of sp³-hybridized carbons (Fsp3) is 0.429. The molecule has 0 radical (unpaired) electrons. The maximum Gasteiger partial charge on any atom is 0.234 e. The van der Waals surface area contributed by atoms with Gasteiger partial charge in [0.05, 0.1) is 11.1 Å². The van der Waals surface area contributed by atoms with E-state index >= 15 is 0 Å². The Hall–Kier alpha value is -1.17. The van der Waals surface area contributed by atoms with E-state index in [-0.39, 0.29) is 0 Å². The van der Waals surface area contributed by atoms with Gasteiger partial charge in [0, 0.05) is 5.41 Å². The van der Waals surface area contributed by atoms with Crippen LogP contribution in [0.3, 0.4) is 0 Å². The summed E-state index contributed by atoms with van der Waals surface area (Å²) in [7, 11) is -3.61. The first kappa shape index (κ1) is 15.9. The van der Waals surface area contributed by atoms with E-state index in [0.717, 1.165) is 11.0 Å². The SMILES string of the molecule is CC(C)(O)C(C)(C)NS(=O)(=O)/C=C/c1ccccc1. The highest BCUT2D eigenvalue weighted by molar-refractivity contribution is 7.92. The monoisotopic (exact) mass is 283 g/mol. The van der Waals surface area contributed by atoms with E-state index in [4.69, 9.17) is 0 Å². The molecule has 0 amide bonds. The first-order chi connectivity index (χ1) is 8.54. The van der Waals surface area contributed by atoms with Crippen LogP contribution in [-0.2, 0) is 10.0 Å². The Balaban J connectivity index is 2.87. The number of nitrogens with one attached hydrogen (secondary N) is 1. The van der Waals surface area contributed by atoms with Crippen LogP contribution < -0.4 is 4.72 Å². The molecule has 0 saturated carbocycles. The number of rotatable bonds is 5. The van der Waals surface area contributed by atoms with Gasteiger partial charge in [0.25, 0.3) is 0 Å². The van der Waals surface area contributed by atoms with Crippen molar-refractivity contribution in [2.24, 2.45) is 0 Å². The quantitative estimate of drug-likeness (QED) is 0.870. The van der Waals surface area contributed by atoms with Crippen molar-refractivity contribution in [3.8, 4) is 0 Å². The fourth-order valence-electron chi connectivity index (χ4n) is 1.25. The van der Waals surface area contributed by atoms with E-state index in [1.165, 1.54) is 6.08 Å². The predicted octanol–water partition coefficient (Wildman–Crippen LogP) is 2.13. The van der Waals surface area contributed by atoms with Gasteiger partial charge in [-0.2, -0.15) is 0 Å². The molecule has 19 heavy (non-hydrogen) atoms. The third-order valence-electron chi connectivity index (χ3n) is 3.17. The molecule has 0 atom stereocenters. The van der Waals surface area contributed by atoms with Crippen molar-refractivity contribution in [2.75, 3.05) is 0 Å². The van der Waals surface area contributed by atoms with E-state index in [2.05, 4.69) is 4.72 Å². The minimum absolute atomic E-state index is 0.800. The molecule has 0 fully saturated rings. The van der Waals surface area contributed by atoms with Gasteiger partial charge in [0.1, 0.15) is 0 Å². The van der Waals surface area contributed by atoms with E-state index in [1.807, 2.05) is 30.3 Å². The Morgan fingerprint density at radius 1 is 1.11 bits per heavy atom. The van der Waals surface area contributed by atoms with Crippen molar-refractivity contribution in [1.29, 1.82) is 0 Å². The number of hydrogen-bond acceptors (Lipinski definition) is 3. The largest absolute Gasteiger partial charge is 0.389 e. The number of benzene rings is 1. The van der Waals surface area contributed by atoms with E-state index in [9.17, 15) is 13.5 Å². The molecule has 0 aliphatic heterocycles. The van der Waals surface area contributed by atoms with E-state index < -0.39 is 21.2 Å². The smallest absolute Gasteiger partial charge is 0.234 e. The zero-order chi connectivity index (χ0) is 14.7. The summed E-state index contributed by atoms with van der Waals surface area (Å²) in [5, 5.41) is 11.0. The molecule has 4 nitrogen and oxygen atoms in total. The zero-order valence-corrected chi connectivity index (χ0v) is 12.5. The normalized spacial score (nSPS) is 13.9. The van der Waals surface area contributed by atoms with E-state index in [0.29, 0.717) is 0 Å². The molecule has 0 spiro atoms. The Morgan fingerprint density at radius 2 is 1.63 bits per heavy atom. The molecule has 0 aliphatic rings. The van der Waals surface area contributed by atoms with Crippen LogP contribution in [0.15, 0.2) is 35.7 Å². The lowest BCUT2D eigenvalue weighted by Gasteiger charge is -2.37. The fourth-order valence-corrected chi connectivity index (χ4v) is 2.61. The van der Waals surface area contributed by atoms with Crippen LogP contribution in [0.5, 0.6) is 0 Å². The molecule has 1 rings (SSSR count). The standard InChI is InChI=1S/C14H21NO3S/c1-13(2,14(3,4)16)15-19(17,18)11-10-12-8-6-5-7-9-12/h5-11,15-16H,1-4H3/b11-10+. The molecule has 0 bridgehead atoms. The minimum Gasteiger partial charge on any atom is -0.389 e. The molecule has 0 unspecified atom stereocenters. The van der Waals surface area contributed by atoms with Gasteiger partial charge in [-0.15, -0.1) is 0 Å². The minimum atomic E-state index is -3.61. The molecule has 0 heterocycles. The molecular weight excluding hydrogens is 262 g/mol. The topological polar surface area (TPSA) is 66.4 Å². The molecule has 0 aromatic heterocycles. The molecule has 106 valence electrons. The lowest BCUT2D eigenvalue weighted by atomic mass is 9.87. The summed E-state index contributed by atoms with van der Waals surface area (Å²) in [4.78, 5) is 0. The van der Waals surface area contributed by atoms with Gasteiger partial charge in [-0.25, -0.2) is 13.1 Å². The Labute approximate surface area is 115 Å². The second kappa shape index (κ2) is 5.45. The van der Waals surface area contributed by atoms with Crippen LogP contribution in [0.1, 0.15) is 33.3 Å². The molecule has 0 aliphatic carbocycles. The Kier molecular flexibility index (Phi) is 4.55. The third kappa shape index (κ3) is 4.78. The Morgan fingerprint density at radius 3 is 2.11 bits per heavy atom. The van der Waals surface area contributed by atoms with Crippen molar-refractivity contribution >= 4 is 16.1 Å². The van der Waals surface area contributed by atoms with Crippen molar-refractivity contribution < 1.29 is 13.5 Å². The average Bonchev–Trinajstić information content (AvgIpc) is 2.25. The van der Waals surface area contributed by atoms with Gasteiger partial charge in [0.2, 0.25) is 10.0 Å². The molecule has 1 aromatic carbocycles. The summed E-state index contributed by atoms with van der Waals surface area (Å²) in [6, 6.07) is 9.16. The highest BCUT2D eigenvalue weighted by Crippen LogP contribution is 2.21. The van der Waals surface area contributed by atoms with Gasteiger partial charge in [0.15, 0.2) is 0 Å². The van der Waals surface area contributed by atoms with Gasteiger partial charge in [-0.1, -0.05) is 30.3 Å². The molecule has 1 aromatic rings. The molecule has 2 N–H and O–H groups in total. The van der Waals surface area contributed by atoms with Crippen LogP contribution >= 0.6 is 0 Å². The summed E-state index contributed by atoms with van der Waals surface area (Å²) in [5.74, 6) is 0. The predicted molar refractivity (Wildman–Crippen MR) is 77.9 cm³/mol. The highest BCUT2D eigenvalue weighted by Gasteiger charge is 2.37. The maximum absolute atomic E-state index is 12.0. The van der Waals surface area contributed by atoms with Crippen molar-refractivity contribution in [1.82, 2.24) is 4.72 Å². The summed E-state index contributed by atoms with van der Waals surface area (Å²) < 4.78 is 26.4. The first-order valence-corrected chi connectivity index (χ1v) is 7.58. The first-order valence-electron chi connectivity index (χ1n) is 6.03. The van der Waals surface area contributed by atoms with E-state index in [1.54, 1.807) is 27.7 Å². The maximum atomic E-state index is 12.0. The van der Waals surface area contributed by atoms with Crippen LogP contribution in [0.4, 0.5) is 0 Å². The van der Waals surface area contributed by atoms with Crippen molar-refractivity contribution in [2.45, 2.75) is 38.8 Å². The van der Waals surface area contributed by atoms with Gasteiger partial charge in [-0.05, 0) is 39.3 Å². The molecule has 5 heteroatoms. The zero-order valence-electron chi connectivity index (χ0n) is 11.7. The second-order valence-electron chi connectivity index (χ2n) is 5.54. The Bertz CT molecular complexity index is 540. The van der Waals surface area contributed by atoms with Gasteiger partial charge >= 0.3 is 0 Å². The summed E-state index contributed by atoms with van der Waals surface area (Å²) >= 11 is 0. The van der Waals surface area contributed by atoms with Crippen molar-refractivity contribution in [3.05, 3.63) is 41.3 Å². The number of hydrogen-bond donors (Lipinski definition) is 2. The van der Waals surface area contributed by atoms with Gasteiger partial charge < -0.3 is 5.11 Å². The summed E-state index contributed by atoms with van der Waals surface area (Å²) in [6.45, 7) is 6.41. The number of sulfonamides is 1. The number of aliphatic hydroxyl groups is 1. The molecule has 0 saturated heterocycles. The van der Waals surface area contributed by atoms with Crippen LogP contribution in [0.2, 0.25) is 0 Å². The average molecular weight is 283 g/mol. The lowest BCUT2D eigenvalue weighted by Crippen LogP contribution is -2.57. The third-order valence-corrected chi connectivity index (χ3v) is 4.46. The lowest BCUT2D eigenvalue weighted by molar-refractivity contribution is 0.00655.